The number of halogens is 1. The van der Waals surface area contributed by atoms with Crippen LogP contribution in [-0.4, -0.2) is 27.8 Å². The summed E-state index contributed by atoms with van der Waals surface area (Å²) in [4.78, 5) is 13.2. The molecule has 0 spiro atoms. The number of nitrogens with zero attached hydrogens (tertiary/aromatic N) is 3. The van der Waals surface area contributed by atoms with E-state index in [4.69, 9.17) is 16.3 Å². The molecule has 6 nitrogen and oxygen atoms in total. The lowest BCUT2D eigenvalue weighted by Crippen LogP contribution is -2.19. The van der Waals surface area contributed by atoms with Crippen LogP contribution in [0.2, 0.25) is 5.02 Å². The van der Waals surface area contributed by atoms with Crippen LogP contribution in [0.4, 0.5) is 5.69 Å². The van der Waals surface area contributed by atoms with Crippen molar-refractivity contribution in [1.82, 2.24) is 14.8 Å². The minimum atomic E-state index is -0.500. The van der Waals surface area contributed by atoms with E-state index in [1.165, 1.54) is 11.8 Å². The number of nitrogens with one attached hydrogen (secondary N) is 1. The van der Waals surface area contributed by atoms with Gasteiger partial charge in [0.15, 0.2) is 5.16 Å². The molecule has 0 aliphatic carbocycles. The van der Waals surface area contributed by atoms with Crippen molar-refractivity contribution < 1.29 is 9.53 Å². The van der Waals surface area contributed by atoms with Gasteiger partial charge in [0.25, 0.3) is 0 Å². The van der Waals surface area contributed by atoms with Crippen molar-refractivity contribution in [1.29, 1.82) is 0 Å². The lowest BCUT2D eigenvalue weighted by Gasteiger charge is -2.17. The number of benzene rings is 2. The Morgan fingerprint density at radius 2 is 1.90 bits per heavy atom. The zero-order valence-electron chi connectivity index (χ0n) is 16.7. The number of methoxy groups -OCH3 is 1. The first-order chi connectivity index (χ1) is 13.9. The molecule has 0 radical (unpaired) electrons. The number of carbonyl (C=O) groups is 1. The van der Waals surface area contributed by atoms with Crippen LogP contribution in [0.3, 0.4) is 0 Å². The highest BCUT2D eigenvalue weighted by molar-refractivity contribution is 8.00. The van der Waals surface area contributed by atoms with Crippen LogP contribution in [-0.2, 0) is 11.8 Å². The molecule has 0 aliphatic rings. The third kappa shape index (κ3) is 4.92. The molecule has 29 heavy (non-hydrogen) atoms. The fourth-order valence-corrected chi connectivity index (χ4v) is 4.16. The van der Waals surface area contributed by atoms with Gasteiger partial charge < -0.3 is 14.6 Å². The van der Waals surface area contributed by atoms with Crippen LogP contribution in [0.25, 0.3) is 0 Å². The lowest BCUT2D eigenvalue weighted by atomic mass is 10.1. The third-order valence-corrected chi connectivity index (χ3v) is 5.95. The molecule has 152 valence electrons. The van der Waals surface area contributed by atoms with Gasteiger partial charge in [0, 0.05) is 18.7 Å². The number of anilines is 1. The van der Waals surface area contributed by atoms with E-state index in [2.05, 4.69) is 29.4 Å². The molecular formula is C21H23ClN4O2S. The normalized spacial score (nSPS) is 12.1. The molecule has 3 rings (SSSR count). The number of carbonyl (C=O) groups excluding carboxylic acids is 1. The van der Waals surface area contributed by atoms with E-state index >= 15 is 0 Å². The molecule has 0 saturated heterocycles. The number of ether oxygens (including phenoxy) is 1. The van der Waals surface area contributed by atoms with E-state index in [-0.39, 0.29) is 11.8 Å². The number of amides is 1. The van der Waals surface area contributed by atoms with Crippen LogP contribution < -0.4 is 10.1 Å². The highest BCUT2D eigenvalue weighted by Crippen LogP contribution is 2.36. The first kappa shape index (κ1) is 21.2. The van der Waals surface area contributed by atoms with Crippen molar-refractivity contribution in [3.63, 3.8) is 0 Å². The summed E-state index contributed by atoms with van der Waals surface area (Å²) in [5, 5.41) is 12.1. The van der Waals surface area contributed by atoms with Crippen LogP contribution in [0.15, 0.2) is 53.7 Å². The van der Waals surface area contributed by atoms with Gasteiger partial charge in [0.05, 0.1) is 12.1 Å². The Morgan fingerprint density at radius 3 is 2.48 bits per heavy atom. The van der Waals surface area contributed by atoms with Gasteiger partial charge in [-0.2, -0.15) is 0 Å². The van der Waals surface area contributed by atoms with Crippen molar-refractivity contribution in [3.8, 4) is 5.75 Å². The summed E-state index contributed by atoms with van der Waals surface area (Å²) in [6, 6.07) is 14.8. The molecule has 8 heteroatoms. The molecule has 1 N–H and O–H groups in total. The minimum Gasteiger partial charge on any atom is -0.495 e. The first-order valence-corrected chi connectivity index (χ1v) is 10.4. The maximum Gasteiger partial charge on any atom is 0.242 e. The molecule has 2 aromatic carbocycles. The van der Waals surface area contributed by atoms with E-state index in [1.54, 1.807) is 25.3 Å². The fourth-order valence-electron chi connectivity index (χ4n) is 2.89. The zero-order chi connectivity index (χ0) is 21.0. The van der Waals surface area contributed by atoms with E-state index < -0.39 is 5.25 Å². The average molecular weight is 431 g/mol. The van der Waals surface area contributed by atoms with Gasteiger partial charge in [-0.15, -0.1) is 10.2 Å². The summed E-state index contributed by atoms with van der Waals surface area (Å²) in [5.41, 5.74) is 1.48. The topological polar surface area (TPSA) is 69.0 Å². The molecule has 0 saturated carbocycles. The molecule has 1 aromatic heterocycles. The lowest BCUT2D eigenvalue weighted by molar-refractivity contribution is -0.115. The van der Waals surface area contributed by atoms with Gasteiger partial charge in [-0.3, -0.25) is 4.79 Å². The maximum atomic E-state index is 13.2. The van der Waals surface area contributed by atoms with Gasteiger partial charge >= 0.3 is 0 Å². The molecule has 3 aromatic rings. The van der Waals surface area contributed by atoms with E-state index in [1.807, 2.05) is 41.9 Å². The van der Waals surface area contributed by atoms with Crippen LogP contribution >= 0.6 is 23.4 Å². The predicted molar refractivity (Wildman–Crippen MR) is 117 cm³/mol. The SMILES string of the molecule is COc1ccc(NC(=O)C(Sc2nnc(C(C)C)n2C)c2ccccc2)cc1Cl. The Balaban J connectivity index is 1.88. The Labute approximate surface area is 179 Å². The maximum absolute atomic E-state index is 13.2. The molecule has 0 bridgehead atoms. The number of thioether (sulfide) groups is 1. The number of hydrogen-bond acceptors (Lipinski definition) is 5. The van der Waals surface area contributed by atoms with E-state index in [9.17, 15) is 4.79 Å². The van der Waals surface area contributed by atoms with Crippen molar-refractivity contribution in [3.05, 3.63) is 64.9 Å². The van der Waals surface area contributed by atoms with E-state index in [0.717, 1.165) is 11.4 Å². The summed E-state index contributed by atoms with van der Waals surface area (Å²) in [6.45, 7) is 4.13. The Hall–Kier alpha value is -2.51. The summed E-state index contributed by atoms with van der Waals surface area (Å²) in [5.74, 6) is 1.50. The molecule has 1 heterocycles. The summed E-state index contributed by atoms with van der Waals surface area (Å²) >= 11 is 7.55. The van der Waals surface area contributed by atoms with Crippen molar-refractivity contribution >= 4 is 35.0 Å². The van der Waals surface area contributed by atoms with Crippen LogP contribution in [0, 0.1) is 0 Å². The van der Waals surface area contributed by atoms with Crippen molar-refractivity contribution in [2.75, 3.05) is 12.4 Å². The fraction of sp³-hybridized carbons (Fsp3) is 0.286. The predicted octanol–water partition coefficient (Wildman–Crippen LogP) is 5.07. The monoisotopic (exact) mass is 430 g/mol. The Morgan fingerprint density at radius 1 is 1.17 bits per heavy atom. The second kappa shape index (κ2) is 9.33. The van der Waals surface area contributed by atoms with Crippen LogP contribution in [0.5, 0.6) is 5.75 Å². The Kier molecular flexibility index (Phi) is 6.82. The largest absolute Gasteiger partial charge is 0.495 e. The summed E-state index contributed by atoms with van der Waals surface area (Å²) in [6.07, 6.45) is 0. The quantitative estimate of drug-likeness (QED) is 0.530. The zero-order valence-corrected chi connectivity index (χ0v) is 18.3. The molecule has 1 amide bonds. The van der Waals surface area contributed by atoms with Crippen molar-refractivity contribution in [2.45, 2.75) is 30.2 Å². The summed E-state index contributed by atoms with van der Waals surface area (Å²) in [7, 11) is 3.47. The first-order valence-electron chi connectivity index (χ1n) is 9.16. The van der Waals surface area contributed by atoms with Gasteiger partial charge in [-0.05, 0) is 23.8 Å². The molecule has 0 fully saturated rings. The highest BCUT2D eigenvalue weighted by atomic mass is 35.5. The minimum absolute atomic E-state index is 0.170. The number of hydrogen-bond donors (Lipinski definition) is 1. The second-order valence-electron chi connectivity index (χ2n) is 6.80. The standard InChI is InChI=1S/C21H23ClN4O2S/c1-13(2)19-24-25-21(26(19)3)29-18(14-8-6-5-7-9-14)20(27)23-15-10-11-17(28-4)16(22)12-15/h5-13,18H,1-4H3,(H,23,27). The molecule has 1 unspecified atom stereocenters. The number of aromatic nitrogens is 3. The smallest absolute Gasteiger partial charge is 0.242 e. The van der Waals surface area contributed by atoms with Gasteiger partial charge in [-0.1, -0.05) is 67.5 Å². The highest BCUT2D eigenvalue weighted by Gasteiger charge is 2.25. The van der Waals surface area contributed by atoms with Crippen molar-refractivity contribution in [2.24, 2.45) is 7.05 Å². The second-order valence-corrected chi connectivity index (χ2v) is 8.28. The molecular weight excluding hydrogens is 408 g/mol. The number of rotatable bonds is 7. The molecule has 0 aliphatic heterocycles. The van der Waals surface area contributed by atoms with Gasteiger partial charge in [0.2, 0.25) is 5.91 Å². The molecule has 1 atom stereocenters. The van der Waals surface area contributed by atoms with Crippen LogP contribution in [0.1, 0.15) is 36.4 Å². The van der Waals surface area contributed by atoms with E-state index in [0.29, 0.717) is 21.6 Å². The summed E-state index contributed by atoms with van der Waals surface area (Å²) < 4.78 is 7.10. The van der Waals surface area contributed by atoms with Gasteiger partial charge in [-0.25, -0.2) is 0 Å². The van der Waals surface area contributed by atoms with Gasteiger partial charge in [0.1, 0.15) is 16.8 Å². The Bertz CT molecular complexity index is 992. The average Bonchev–Trinajstić information content (AvgIpc) is 3.07. The third-order valence-electron chi connectivity index (χ3n) is 4.37.